The number of nitrogens with one attached hydrogen (secondary N) is 1. The van der Waals surface area contributed by atoms with Crippen molar-refractivity contribution in [3.8, 4) is 0 Å². The number of fused-ring (bicyclic) bond motifs is 1. The van der Waals surface area contributed by atoms with Crippen molar-refractivity contribution in [2.45, 2.75) is 37.8 Å². The lowest BCUT2D eigenvalue weighted by molar-refractivity contribution is 0.472. The molecular formula is C25H26N2O3S2. The molecule has 0 saturated carbocycles. The van der Waals surface area contributed by atoms with E-state index in [1.165, 1.54) is 0 Å². The molecule has 0 aliphatic heterocycles. The fraction of sp³-hybridized carbons (Fsp3) is 0.240. The first kappa shape index (κ1) is 22.5. The summed E-state index contributed by atoms with van der Waals surface area (Å²) in [7, 11) is -3.76. The average molecular weight is 467 g/mol. The monoisotopic (exact) mass is 466 g/mol. The SMILES string of the molecule is CC(C)CC(NS(=O)(=O)c1ccc2c(c1)sc(=O)n2Cc1ccccc1)c1ccccc1. The molecule has 1 atom stereocenters. The van der Waals surface area contributed by atoms with Crippen LogP contribution in [0.15, 0.2) is 88.6 Å². The summed E-state index contributed by atoms with van der Waals surface area (Å²) >= 11 is 1.07. The van der Waals surface area contributed by atoms with E-state index < -0.39 is 10.0 Å². The molecule has 0 amide bonds. The van der Waals surface area contributed by atoms with Crippen LogP contribution < -0.4 is 9.60 Å². The predicted molar refractivity (Wildman–Crippen MR) is 131 cm³/mol. The van der Waals surface area contributed by atoms with Crippen molar-refractivity contribution in [2.24, 2.45) is 5.92 Å². The number of nitrogens with zero attached hydrogens (tertiary/aromatic N) is 1. The van der Waals surface area contributed by atoms with Crippen molar-refractivity contribution in [3.63, 3.8) is 0 Å². The zero-order chi connectivity index (χ0) is 22.7. The summed E-state index contributed by atoms with van der Waals surface area (Å²) in [6, 6.07) is 24.0. The Morgan fingerprint density at radius 3 is 2.25 bits per heavy atom. The highest BCUT2D eigenvalue weighted by Crippen LogP contribution is 2.26. The minimum absolute atomic E-state index is 0.103. The summed E-state index contributed by atoms with van der Waals surface area (Å²) in [5, 5.41) is 0. The van der Waals surface area contributed by atoms with Gasteiger partial charge in [-0.1, -0.05) is 85.8 Å². The summed E-state index contributed by atoms with van der Waals surface area (Å²) in [6.07, 6.45) is 0.687. The van der Waals surface area contributed by atoms with Gasteiger partial charge in [0.2, 0.25) is 10.0 Å². The lowest BCUT2D eigenvalue weighted by atomic mass is 9.98. The number of benzene rings is 3. The number of hydrogen-bond donors (Lipinski definition) is 1. The van der Waals surface area contributed by atoms with Gasteiger partial charge < -0.3 is 0 Å². The quantitative estimate of drug-likeness (QED) is 0.389. The largest absolute Gasteiger partial charge is 0.308 e. The first-order valence-corrected chi connectivity index (χ1v) is 12.9. The van der Waals surface area contributed by atoms with E-state index in [0.29, 0.717) is 23.6 Å². The third-order valence-corrected chi connectivity index (χ3v) is 7.75. The van der Waals surface area contributed by atoms with E-state index in [-0.39, 0.29) is 15.8 Å². The molecule has 1 unspecified atom stereocenters. The Morgan fingerprint density at radius 1 is 0.938 bits per heavy atom. The smallest absolute Gasteiger partial charge is 0.294 e. The highest BCUT2D eigenvalue weighted by Gasteiger charge is 2.23. The Labute approximate surface area is 192 Å². The molecule has 0 radical (unpaired) electrons. The molecule has 0 bridgehead atoms. The van der Waals surface area contributed by atoms with Crippen molar-refractivity contribution in [2.75, 3.05) is 0 Å². The summed E-state index contributed by atoms with van der Waals surface area (Å²) in [6.45, 7) is 4.60. The van der Waals surface area contributed by atoms with Crippen molar-refractivity contribution in [1.82, 2.24) is 9.29 Å². The Bertz CT molecular complexity index is 1360. The molecule has 1 heterocycles. The number of aromatic nitrogens is 1. The van der Waals surface area contributed by atoms with Gasteiger partial charge in [-0.15, -0.1) is 0 Å². The van der Waals surface area contributed by atoms with Crippen LogP contribution in [0.5, 0.6) is 0 Å². The van der Waals surface area contributed by atoms with Crippen LogP contribution in [0.4, 0.5) is 0 Å². The molecule has 32 heavy (non-hydrogen) atoms. The first-order valence-electron chi connectivity index (χ1n) is 10.6. The average Bonchev–Trinajstić information content (AvgIpc) is 3.08. The van der Waals surface area contributed by atoms with Crippen LogP contribution in [-0.2, 0) is 16.6 Å². The van der Waals surface area contributed by atoms with Crippen LogP contribution in [0.25, 0.3) is 10.2 Å². The number of sulfonamides is 1. The summed E-state index contributed by atoms with van der Waals surface area (Å²) in [4.78, 5) is 12.7. The molecular weight excluding hydrogens is 440 g/mol. The number of rotatable bonds is 8. The van der Waals surface area contributed by atoms with Gasteiger partial charge in [0.1, 0.15) is 0 Å². The molecule has 0 aliphatic rings. The fourth-order valence-electron chi connectivity index (χ4n) is 3.79. The molecule has 3 aromatic carbocycles. The van der Waals surface area contributed by atoms with E-state index >= 15 is 0 Å². The molecule has 0 saturated heterocycles. The minimum Gasteiger partial charge on any atom is -0.294 e. The maximum Gasteiger partial charge on any atom is 0.308 e. The lowest BCUT2D eigenvalue weighted by Crippen LogP contribution is -2.29. The minimum atomic E-state index is -3.76. The molecule has 5 nitrogen and oxygen atoms in total. The molecule has 1 aromatic heterocycles. The van der Waals surface area contributed by atoms with E-state index in [9.17, 15) is 13.2 Å². The van der Waals surface area contributed by atoms with Crippen molar-refractivity contribution >= 4 is 31.6 Å². The maximum atomic E-state index is 13.2. The molecule has 7 heteroatoms. The molecule has 4 aromatic rings. The fourth-order valence-corrected chi connectivity index (χ4v) is 6.06. The normalized spacial score (nSPS) is 13.0. The van der Waals surface area contributed by atoms with Gasteiger partial charge in [-0.3, -0.25) is 9.36 Å². The molecule has 166 valence electrons. The van der Waals surface area contributed by atoms with Gasteiger partial charge in [0, 0.05) is 6.04 Å². The van der Waals surface area contributed by atoms with E-state index in [1.54, 1.807) is 22.8 Å². The van der Waals surface area contributed by atoms with E-state index in [1.807, 2.05) is 60.7 Å². The number of thiazole rings is 1. The second-order valence-electron chi connectivity index (χ2n) is 8.28. The van der Waals surface area contributed by atoms with Crippen LogP contribution in [-0.4, -0.2) is 13.0 Å². The number of hydrogen-bond acceptors (Lipinski definition) is 4. The summed E-state index contributed by atoms with van der Waals surface area (Å²) < 4.78 is 31.7. The summed E-state index contributed by atoms with van der Waals surface area (Å²) in [5.41, 5.74) is 2.70. The molecule has 0 aliphatic carbocycles. The van der Waals surface area contributed by atoms with Gasteiger partial charge in [0.15, 0.2) is 0 Å². The Morgan fingerprint density at radius 2 is 1.59 bits per heavy atom. The summed E-state index contributed by atoms with van der Waals surface area (Å²) in [5.74, 6) is 0.322. The van der Waals surface area contributed by atoms with Crippen LogP contribution in [0.3, 0.4) is 0 Å². The maximum absolute atomic E-state index is 13.2. The second kappa shape index (κ2) is 9.40. The molecule has 0 fully saturated rings. The van der Waals surface area contributed by atoms with Gasteiger partial charge in [-0.25, -0.2) is 13.1 Å². The zero-order valence-corrected chi connectivity index (χ0v) is 19.7. The van der Waals surface area contributed by atoms with Crippen molar-refractivity contribution in [1.29, 1.82) is 0 Å². The highest BCUT2D eigenvalue weighted by molar-refractivity contribution is 7.89. The van der Waals surface area contributed by atoms with Gasteiger partial charge in [-0.05, 0) is 41.7 Å². The van der Waals surface area contributed by atoms with Crippen LogP contribution in [0.1, 0.15) is 37.4 Å². The molecule has 0 spiro atoms. The van der Waals surface area contributed by atoms with Gasteiger partial charge >= 0.3 is 4.87 Å². The lowest BCUT2D eigenvalue weighted by Gasteiger charge is -2.21. The van der Waals surface area contributed by atoms with Crippen LogP contribution >= 0.6 is 11.3 Å². The third kappa shape index (κ3) is 5.01. The van der Waals surface area contributed by atoms with Gasteiger partial charge in [0.25, 0.3) is 0 Å². The predicted octanol–water partition coefficient (Wildman–Crippen LogP) is 5.18. The highest BCUT2D eigenvalue weighted by atomic mass is 32.2. The standard InChI is InChI=1S/C25H26N2O3S2/c1-18(2)15-22(20-11-7-4-8-12-20)26-32(29,30)21-13-14-23-24(16-21)31-25(28)27(23)17-19-9-5-3-6-10-19/h3-14,16,18,22,26H,15,17H2,1-2H3. The van der Waals surface area contributed by atoms with Gasteiger partial charge in [-0.2, -0.15) is 0 Å². The Balaban J connectivity index is 1.65. The van der Waals surface area contributed by atoms with Gasteiger partial charge in [0.05, 0.1) is 21.7 Å². The van der Waals surface area contributed by atoms with E-state index in [0.717, 1.165) is 28.0 Å². The third-order valence-electron chi connectivity index (χ3n) is 5.34. The van der Waals surface area contributed by atoms with Crippen LogP contribution in [0, 0.1) is 5.92 Å². The Hall–Kier alpha value is -2.74. The Kier molecular flexibility index (Phi) is 6.60. The van der Waals surface area contributed by atoms with Crippen LogP contribution in [0.2, 0.25) is 0 Å². The molecule has 1 N–H and O–H groups in total. The molecule has 4 rings (SSSR count). The first-order chi connectivity index (χ1) is 15.3. The topological polar surface area (TPSA) is 68.2 Å². The van der Waals surface area contributed by atoms with Crippen molar-refractivity contribution in [3.05, 3.63) is 99.7 Å². The van der Waals surface area contributed by atoms with E-state index in [2.05, 4.69) is 18.6 Å². The van der Waals surface area contributed by atoms with Crippen molar-refractivity contribution < 1.29 is 8.42 Å². The van der Waals surface area contributed by atoms with E-state index in [4.69, 9.17) is 0 Å². The second-order valence-corrected chi connectivity index (χ2v) is 11.0. The zero-order valence-electron chi connectivity index (χ0n) is 18.1.